The highest BCUT2D eigenvalue weighted by Crippen LogP contribution is 2.32. The average Bonchev–Trinajstić information content (AvgIpc) is 2.95. The van der Waals surface area contributed by atoms with E-state index >= 15 is 0 Å². The normalized spacial score (nSPS) is 25.2. The second-order valence-corrected chi connectivity index (χ2v) is 4.71. The van der Waals surface area contributed by atoms with Crippen LogP contribution in [0.1, 0.15) is 38.8 Å². The maximum Gasteiger partial charge on any atom is 0.119 e. The van der Waals surface area contributed by atoms with E-state index in [0.29, 0.717) is 12.1 Å². The highest BCUT2D eigenvalue weighted by atomic mass is 16.5. The minimum Gasteiger partial charge on any atom is -0.494 e. The Morgan fingerprint density at radius 1 is 1.50 bits per heavy atom. The molecule has 0 aliphatic heterocycles. The molecule has 1 saturated carbocycles. The molecule has 0 amide bonds. The number of nitrogens with one attached hydrogen (secondary N) is 1. The minimum absolute atomic E-state index is 0.412. The molecule has 2 nitrogen and oxygen atoms in total. The van der Waals surface area contributed by atoms with Gasteiger partial charge in [0.1, 0.15) is 5.75 Å². The predicted molar refractivity (Wildman–Crippen MR) is 66.7 cm³/mol. The molecule has 0 heterocycles. The molecule has 2 heteroatoms. The lowest BCUT2D eigenvalue weighted by molar-refractivity contribution is 0.339. The molecule has 1 N–H and O–H groups in total. The second kappa shape index (κ2) is 4.88. The Morgan fingerprint density at radius 3 is 2.88 bits per heavy atom. The lowest BCUT2D eigenvalue weighted by atomic mass is 10.1. The Kier molecular flexibility index (Phi) is 3.49. The van der Waals surface area contributed by atoms with E-state index in [1.807, 2.05) is 13.0 Å². The molecule has 3 atom stereocenters. The van der Waals surface area contributed by atoms with Crippen LogP contribution in [-0.4, -0.2) is 12.6 Å². The van der Waals surface area contributed by atoms with Crippen molar-refractivity contribution < 1.29 is 4.74 Å². The molecule has 0 bridgehead atoms. The van der Waals surface area contributed by atoms with Gasteiger partial charge >= 0.3 is 0 Å². The summed E-state index contributed by atoms with van der Waals surface area (Å²) in [4.78, 5) is 0. The summed E-state index contributed by atoms with van der Waals surface area (Å²) in [5, 5.41) is 3.63. The largest absolute Gasteiger partial charge is 0.494 e. The molecule has 16 heavy (non-hydrogen) atoms. The van der Waals surface area contributed by atoms with Gasteiger partial charge in [-0.2, -0.15) is 0 Å². The average molecular weight is 219 g/mol. The van der Waals surface area contributed by atoms with E-state index in [1.54, 1.807) is 0 Å². The zero-order valence-corrected chi connectivity index (χ0v) is 10.4. The van der Waals surface area contributed by atoms with Crippen LogP contribution in [0.15, 0.2) is 24.3 Å². The van der Waals surface area contributed by atoms with Gasteiger partial charge in [-0.15, -0.1) is 0 Å². The van der Waals surface area contributed by atoms with Crippen LogP contribution < -0.4 is 10.1 Å². The number of hydrogen-bond donors (Lipinski definition) is 1. The van der Waals surface area contributed by atoms with Crippen molar-refractivity contribution in [3.8, 4) is 5.75 Å². The quantitative estimate of drug-likeness (QED) is 0.821. The first-order valence-electron chi connectivity index (χ1n) is 6.19. The van der Waals surface area contributed by atoms with Gasteiger partial charge in [0.15, 0.2) is 0 Å². The third kappa shape index (κ3) is 2.76. The van der Waals surface area contributed by atoms with Gasteiger partial charge in [-0.3, -0.25) is 0 Å². The Hall–Kier alpha value is -1.02. The van der Waals surface area contributed by atoms with Crippen molar-refractivity contribution in [2.75, 3.05) is 6.61 Å². The van der Waals surface area contributed by atoms with Crippen LogP contribution in [0.5, 0.6) is 5.75 Å². The Morgan fingerprint density at radius 2 is 2.25 bits per heavy atom. The SMILES string of the molecule is CCOc1cccc(C(C)NC2CC2C)c1. The molecule has 1 aromatic rings. The summed E-state index contributed by atoms with van der Waals surface area (Å²) in [7, 11) is 0. The van der Waals surface area contributed by atoms with E-state index in [1.165, 1.54) is 12.0 Å². The van der Waals surface area contributed by atoms with Crippen molar-refractivity contribution in [2.24, 2.45) is 5.92 Å². The van der Waals surface area contributed by atoms with E-state index < -0.39 is 0 Å². The van der Waals surface area contributed by atoms with E-state index in [0.717, 1.165) is 18.3 Å². The first-order valence-corrected chi connectivity index (χ1v) is 6.19. The van der Waals surface area contributed by atoms with Crippen LogP contribution in [0.25, 0.3) is 0 Å². The van der Waals surface area contributed by atoms with Crippen LogP contribution >= 0.6 is 0 Å². The lowest BCUT2D eigenvalue weighted by Crippen LogP contribution is -2.21. The summed E-state index contributed by atoms with van der Waals surface area (Å²) in [5.41, 5.74) is 1.31. The molecule has 1 aliphatic carbocycles. The maximum atomic E-state index is 5.51. The topological polar surface area (TPSA) is 21.3 Å². The fourth-order valence-electron chi connectivity index (χ4n) is 2.01. The standard InChI is InChI=1S/C14H21NO/c1-4-16-13-7-5-6-12(9-13)11(3)15-14-8-10(14)2/h5-7,9-11,14-15H,4,8H2,1-3H3. The smallest absolute Gasteiger partial charge is 0.119 e. The second-order valence-electron chi connectivity index (χ2n) is 4.71. The highest BCUT2D eigenvalue weighted by molar-refractivity contribution is 5.30. The molecule has 2 rings (SSSR count). The van der Waals surface area contributed by atoms with Gasteiger partial charge in [-0.1, -0.05) is 19.1 Å². The van der Waals surface area contributed by atoms with Crippen molar-refractivity contribution in [1.82, 2.24) is 5.32 Å². The monoisotopic (exact) mass is 219 g/mol. The minimum atomic E-state index is 0.412. The van der Waals surface area contributed by atoms with Crippen LogP contribution in [0, 0.1) is 5.92 Å². The molecule has 0 saturated heterocycles. The number of hydrogen-bond acceptors (Lipinski definition) is 2. The van der Waals surface area contributed by atoms with Gasteiger partial charge in [0.25, 0.3) is 0 Å². The molecule has 0 spiro atoms. The highest BCUT2D eigenvalue weighted by Gasteiger charge is 2.33. The van der Waals surface area contributed by atoms with Crippen LogP contribution in [0.2, 0.25) is 0 Å². The van der Waals surface area contributed by atoms with Crippen molar-refractivity contribution in [2.45, 2.75) is 39.3 Å². The predicted octanol–water partition coefficient (Wildman–Crippen LogP) is 3.14. The number of benzene rings is 1. The molecule has 3 unspecified atom stereocenters. The Balaban J connectivity index is 1.98. The molecular formula is C14H21NO. The zero-order chi connectivity index (χ0) is 11.5. The van der Waals surface area contributed by atoms with Gasteiger partial charge < -0.3 is 10.1 Å². The van der Waals surface area contributed by atoms with Crippen LogP contribution in [0.4, 0.5) is 0 Å². The molecule has 0 radical (unpaired) electrons. The summed E-state index contributed by atoms with van der Waals surface area (Å²) >= 11 is 0. The molecule has 88 valence electrons. The van der Waals surface area contributed by atoms with Crippen molar-refractivity contribution in [1.29, 1.82) is 0 Å². The van der Waals surface area contributed by atoms with Crippen molar-refractivity contribution >= 4 is 0 Å². The first kappa shape index (κ1) is 11.5. The summed E-state index contributed by atoms with van der Waals surface area (Å²) in [6.45, 7) is 7.25. The zero-order valence-electron chi connectivity index (χ0n) is 10.4. The van der Waals surface area contributed by atoms with Gasteiger partial charge in [-0.05, 0) is 43.9 Å². The van der Waals surface area contributed by atoms with Gasteiger partial charge in [0, 0.05) is 12.1 Å². The molecule has 1 aliphatic rings. The fourth-order valence-corrected chi connectivity index (χ4v) is 2.01. The van der Waals surface area contributed by atoms with E-state index in [-0.39, 0.29) is 0 Å². The van der Waals surface area contributed by atoms with E-state index in [9.17, 15) is 0 Å². The Labute approximate surface area is 98.0 Å². The van der Waals surface area contributed by atoms with Gasteiger partial charge in [-0.25, -0.2) is 0 Å². The summed E-state index contributed by atoms with van der Waals surface area (Å²) in [5.74, 6) is 1.81. The summed E-state index contributed by atoms with van der Waals surface area (Å²) < 4.78 is 5.51. The molecule has 0 aromatic heterocycles. The van der Waals surface area contributed by atoms with Crippen molar-refractivity contribution in [3.63, 3.8) is 0 Å². The van der Waals surface area contributed by atoms with Gasteiger partial charge in [0.05, 0.1) is 6.61 Å². The molecule has 1 fully saturated rings. The van der Waals surface area contributed by atoms with Crippen LogP contribution in [-0.2, 0) is 0 Å². The van der Waals surface area contributed by atoms with Gasteiger partial charge in [0.2, 0.25) is 0 Å². The molecular weight excluding hydrogens is 198 g/mol. The lowest BCUT2D eigenvalue weighted by Gasteiger charge is -2.15. The summed E-state index contributed by atoms with van der Waals surface area (Å²) in [6.07, 6.45) is 1.31. The van der Waals surface area contributed by atoms with Crippen LogP contribution in [0.3, 0.4) is 0 Å². The van der Waals surface area contributed by atoms with Crippen molar-refractivity contribution in [3.05, 3.63) is 29.8 Å². The number of rotatable bonds is 5. The molecule has 1 aromatic carbocycles. The van der Waals surface area contributed by atoms with E-state index in [2.05, 4.69) is 37.4 Å². The maximum absolute atomic E-state index is 5.51. The number of ether oxygens (including phenoxy) is 1. The van der Waals surface area contributed by atoms with E-state index in [4.69, 9.17) is 4.74 Å². The third-order valence-electron chi connectivity index (χ3n) is 3.24. The summed E-state index contributed by atoms with van der Waals surface area (Å²) in [6, 6.07) is 9.50. The third-order valence-corrected chi connectivity index (χ3v) is 3.24. The first-order chi connectivity index (χ1) is 7.70. The fraction of sp³-hybridized carbons (Fsp3) is 0.571. The Bertz CT molecular complexity index is 350.